The largest absolute Gasteiger partial charge is 0.489 e. The molecular formula is C22H17IN2O4S. The highest BCUT2D eigenvalue weighted by atomic mass is 127. The van der Waals surface area contributed by atoms with Crippen LogP contribution in [0.2, 0.25) is 0 Å². The first-order chi connectivity index (χ1) is 14.4. The van der Waals surface area contributed by atoms with E-state index in [1.165, 1.54) is 6.07 Å². The highest BCUT2D eigenvalue weighted by Crippen LogP contribution is 2.19. The third-order valence-corrected chi connectivity index (χ3v) is 4.90. The SMILES string of the molecule is O=C(NC(=S)Nc1ccc(I)cc1C(=O)O)c1cccc(COc2ccccc2)c1. The molecule has 0 aliphatic rings. The molecule has 6 nitrogen and oxygen atoms in total. The Kier molecular flexibility index (Phi) is 7.36. The van der Waals surface area contributed by atoms with Crippen molar-refractivity contribution in [1.29, 1.82) is 0 Å². The molecule has 0 unspecified atom stereocenters. The summed E-state index contributed by atoms with van der Waals surface area (Å²) in [6.45, 7) is 0.318. The van der Waals surface area contributed by atoms with Crippen LogP contribution < -0.4 is 15.4 Å². The van der Waals surface area contributed by atoms with Crippen molar-refractivity contribution in [3.63, 3.8) is 0 Å². The predicted octanol–water partition coefficient (Wildman–Crippen LogP) is 4.70. The molecule has 0 spiro atoms. The second-order valence-electron chi connectivity index (χ2n) is 6.21. The predicted molar refractivity (Wildman–Crippen MR) is 127 cm³/mol. The van der Waals surface area contributed by atoms with E-state index in [2.05, 4.69) is 10.6 Å². The van der Waals surface area contributed by atoms with Gasteiger partial charge in [-0.25, -0.2) is 4.79 Å². The molecule has 0 fully saturated rings. The van der Waals surface area contributed by atoms with Crippen LogP contribution in [0.15, 0.2) is 72.8 Å². The highest BCUT2D eigenvalue weighted by Gasteiger charge is 2.14. The minimum Gasteiger partial charge on any atom is -0.489 e. The number of para-hydroxylation sites is 1. The second-order valence-corrected chi connectivity index (χ2v) is 7.86. The van der Waals surface area contributed by atoms with Gasteiger partial charge in [-0.2, -0.15) is 0 Å². The normalized spacial score (nSPS) is 10.2. The van der Waals surface area contributed by atoms with Gasteiger partial charge in [0.25, 0.3) is 5.91 Å². The first-order valence-corrected chi connectivity index (χ1v) is 10.3. The summed E-state index contributed by atoms with van der Waals surface area (Å²) in [7, 11) is 0. The van der Waals surface area contributed by atoms with E-state index in [1.54, 1.807) is 30.3 Å². The van der Waals surface area contributed by atoms with Gasteiger partial charge in [-0.3, -0.25) is 10.1 Å². The average molecular weight is 532 g/mol. The Bertz CT molecular complexity index is 1090. The molecule has 0 aromatic heterocycles. The van der Waals surface area contributed by atoms with Crippen LogP contribution in [-0.2, 0) is 6.61 Å². The molecule has 0 atom stereocenters. The Balaban J connectivity index is 1.63. The van der Waals surface area contributed by atoms with E-state index in [4.69, 9.17) is 17.0 Å². The zero-order valence-electron chi connectivity index (χ0n) is 15.6. The summed E-state index contributed by atoms with van der Waals surface area (Å²) < 4.78 is 6.48. The van der Waals surface area contributed by atoms with Crippen molar-refractivity contribution < 1.29 is 19.4 Å². The van der Waals surface area contributed by atoms with E-state index in [1.807, 2.05) is 59.0 Å². The molecular weight excluding hydrogens is 515 g/mol. The minimum atomic E-state index is -1.09. The molecule has 3 rings (SSSR count). The number of nitrogens with one attached hydrogen (secondary N) is 2. The number of halogens is 1. The van der Waals surface area contributed by atoms with Crippen molar-refractivity contribution in [3.8, 4) is 5.75 Å². The smallest absolute Gasteiger partial charge is 0.337 e. The number of carbonyl (C=O) groups is 2. The molecule has 0 aliphatic carbocycles. The fourth-order valence-corrected chi connectivity index (χ4v) is 3.31. The number of carboxylic acid groups (broad SMARTS) is 1. The maximum atomic E-state index is 12.5. The lowest BCUT2D eigenvalue weighted by Crippen LogP contribution is -2.34. The summed E-state index contributed by atoms with van der Waals surface area (Å²) in [6.07, 6.45) is 0. The van der Waals surface area contributed by atoms with Crippen LogP contribution in [0.3, 0.4) is 0 Å². The van der Waals surface area contributed by atoms with Gasteiger partial charge in [-0.05, 0) is 82.8 Å². The van der Waals surface area contributed by atoms with Crippen LogP contribution in [-0.4, -0.2) is 22.1 Å². The van der Waals surface area contributed by atoms with Gasteiger partial charge in [0.05, 0.1) is 11.3 Å². The van der Waals surface area contributed by atoms with Gasteiger partial charge in [-0.1, -0.05) is 30.3 Å². The van der Waals surface area contributed by atoms with Gasteiger partial charge in [-0.15, -0.1) is 0 Å². The molecule has 3 aromatic rings. The molecule has 152 valence electrons. The standard InChI is InChI=1S/C22H17IN2O4S/c23-16-9-10-19(18(12-16)21(27)28)24-22(30)25-20(26)15-6-4-5-14(11-15)13-29-17-7-2-1-3-8-17/h1-12H,13H2,(H,27,28)(H2,24,25,26,30). The second kappa shape index (κ2) is 10.2. The van der Waals surface area contributed by atoms with E-state index in [0.29, 0.717) is 17.9 Å². The summed E-state index contributed by atoms with van der Waals surface area (Å²) in [5, 5.41) is 14.7. The van der Waals surface area contributed by atoms with E-state index < -0.39 is 11.9 Å². The van der Waals surface area contributed by atoms with Crippen LogP contribution in [0.1, 0.15) is 26.3 Å². The van der Waals surface area contributed by atoms with E-state index in [9.17, 15) is 14.7 Å². The maximum absolute atomic E-state index is 12.5. The number of rotatable bonds is 6. The zero-order chi connectivity index (χ0) is 21.5. The average Bonchev–Trinajstić information content (AvgIpc) is 2.74. The van der Waals surface area contributed by atoms with Crippen molar-refractivity contribution in [2.24, 2.45) is 0 Å². The summed E-state index contributed by atoms with van der Waals surface area (Å²) in [5.41, 5.74) is 1.61. The monoisotopic (exact) mass is 532 g/mol. The number of carbonyl (C=O) groups excluding carboxylic acids is 1. The van der Waals surface area contributed by atoms with Crippen LogP contribution in [0.5, 0.6) is 5.75 Å². The molecule has 8 heteroatoms. The number of amides is 1. The van der Waals surface area contributed by atoms with Gasteiger partial charge < -0.3 is 15.2 Å². The fraction of sp³-hybridized carbons (Fsp3) is 0.0455. The van der Waals surface area contributed by atoms with Crippen molar-refractivity contribution >= 4 is 57.5 Å². The lowest BCUT2D eigenvalue weighted by atomic mass is 10.1. The molecule has 1 amide bonds. The summed E-state index contributed by atoms with van der Waals surface area (Å²) in [6, 6.07) is 21.3. The van der Waals surface area contributed by atoms with E-state index >= 15 is 0 Å². The molecule has 0 radical (unpaired) electrons. The molecule has 0 bridgehead atoms. The molecule has 0 saturated heterocycles. The highest BCUT2D eigenvalue weighted by molar-refractivity contribution is 14.1. The van der Waals surface area contributed by atoms with E-state index in [-0.39, 0.29) is 10.7 Å². The molecule has 0 heterocycles. The van der Waals surface area contributed by atoms with Gasteiger partial charge in [0, 0.05) is 9.13 Å². The Labute approximate surface area is 192 Å². The molecule has 30 heavy (non-hydrogen) atoms. The first-order valence-electron chi connectivity index (χ1n) is 8.84. The van der Waals surface area contributed by atoms with E-state index in [0.717, 1.165) is 14.9 Å². The quantitative estimate of drug-likeness (QED) is 0.316. The minimum absolute atomic E-state index is 0.00893. The number of aromatic carboxylic acids is 1. The third-order valence-electron chi connectivity index (χ3n) is 4.03. The number of thiocarbonyl (C=S) groups is 1. The first kappa shape index (κ1) is 21.7. The number of hydrogen-bond donors (Lipinski definition) is 3. The van der Waals surface area contributed by atoms with Gasteiger partial charge in [0.15, 0.2) is 5.11 Å². The Hall–Kier alpha value is -2.98. The van der Waals surface area contributed by atoms with Crippen LogP contribution >= 0.6 is 34.8 Å². The number of ether oxygens (including phenoxy) is 1. The van der Waals surface area contributed by atoms with Crippen molar-refractivity contribution in [2.45, 2.75) is 6.61 Å². The Morgan fingerprint density at radius 2 is 1.77 bits per heavy atom. The van der Waals surface area contributed by atoms with Crippen LogP contribution in [0.25, 0.3) is 0 Å². The summed E-state index contributed by atoms with van der Waals surface area (Å²) in [4.78, 5) is 24.0. The maximum Gasteiger partial charge on any atom is 0.337 e. The summed E-state index contributed by atoms with van der Waals surface area (Å²) in [5.74, 6) is -0.753. The molecule has 0 saturated carbocycles. The molecule has 3 N–H and O–H groups in total. The van der Waals surface area contributed by atoms with Crippen LogP contribution in [0.4, 0.5) is 5.69 Å². The number of anilines is 1. The van der Waals surface area contributed by atoms with Gasteiger partial charge in [0.2, 0.25) is 0 Å². The summed E-state index contributed by atoms with van der Waals surface area (Å²) >= 11 is 7.20. The topological polar surface area (TPSA) is 87.7 Å². The van der Waals surface area contributed by atoms with Crippen molar-refractivity contribution in [2.75, 3.05) is 5.32 Å². The van der Waals surface area contributed by atoms with Crippen LogP contribution in [0, 0.1) is 3.57 Å². The zero-order valence-corrected chi connectivity index (χ0v) is 18.6. The van der Waals surface area contributed by atoms with Gasteiger partial charge >= 0.3 is 5.97 Å². The Morgan fingerprint density at radius 1 is 1.00 bits per heavy atom. The molecule has 0 aliphatic heterocycles. The Morgan fingerprint density at radius 3 is 2.50 bits per heavy atom. The van der Waals surface area contributed by atoms with Crippen molar-refractivity contribution in [1.82, 2.24) is 5.32 Å². The lowest BCUT2D eigenvalue weighted by Gasteiger charge is -2.12. The van der Waals surface area contributed by atoms with Crippen molar-refractivity contribution in [3.05, 3.63) is 93.1 Å². The van der Waals surface area contributed by atoms with Gasteiger partial charge in [0.1, 0.15) is 12.4 Å². The molecule has 3 aromatic carbocycles. The number of carboxylic acids is 1. The fourth-order valence-electron chi connectivity index (χ4n) is 2.62. The third kappa shape index (κ3) is 6.01. The number of benzene rings is 3. The number of hydrogen-bond acceptors (Lipinski definition) is 4. The lowest BCUT2D eigenvalue weighted by molar-refractivity contribution is 0.0697.